The molecule has 2 rings (SSSR count). The highest BCUT2D eigenvalue weighted by molar-refractivity contribution is 6.21. The van der Waals surface area contributed by atoms with Gasteiger partial charge in [0.15, 0.2) is 6.29 Å². The van der Waals surface area contributed by atoms with Crippen LogP contribution in [-0.4, -0.2) is 75.0 Å². The molecule has 1 saturated heterocycles. The molecule has 2 aliphatic rings. The van der Waals surface area contributed by atoms with Crippen LogP contribution >= 0.6 is 0 Å². The summed E-state index contributed by atoms with van der Waals surface area (Å²) in [5.41, 5.74) is -0.204. The van der Waals surface area contributed by atoms with Gasteiger partial charge in [-0.25, -0.2) is 0 Å². The second-order valence-corrected chi connectivity index (χ2v) is 7.37. The summed E-state index contributed by atoms with van der Waals surface area (Å²) in [5.74, 6) is -1.48. The van der Waals surface area contributed by atoms with Gasteiger partial charge >= 0.3 is 0 Å². The molecule has 0 radical (unpaired) electrons. The first-order chi connectivity index (χ1) is 11.1. The summed E-state index contributed by atoms with van der Waals surface area (Å²) in [6, 6.07) is -1.24. The molecule has 0 aromatic heterocycles. The van der Waals surface area contributed by atoms with Crippen LogP contribution in [0.2, 0.25) is 0 Å². The Morgan fingerprint density at radius 3 is 2.21 bits per heavy atom. The minimum Gasteiger partial charge on any atom is -0.394 e. The Morgan fingerprint density at radius 2 is 1.71 bits per heavy atom. The van der Waals surface area contributed by atoms with Crippen LogP contribution < -0.4 is 0 Å². The number of carbonyl (C=O) groups excluding carboxylic acids is 2. The number of hydrogen-bond donors (Lipinski definition) is 4. The topological polar surface area (TPSA) is 137 Å². The van der Waals surface area contributed by atoms with Crippen molar-refractivity contribution in [3.05, 3.63) is 0 Å². The molecular weight excluding hydrogens is 318 g/mol. The quantitative estimate of drug-likeness (QED) is 0.374. The average molecular weight is 343 g/mol. The zero-order chi connectivity index (χ0) is 18.2. The van der Waals surface area contributed by atoms with Gasteiger partial charge in [0, 0.05) is 18.6 Å². The number of ether oxygens (including phenoxy) is 1. The van der Waals surface area contributed by atoms with Crippen LogP contribution in [0.4, 0.5) is 0 Å². The van der Waals surface area contributed by atoms with E-state index in [1.54, 1.807) is 0 Å². The molecule has 8 heteroatoms. The van der Waals surface area contributed by atoms with Crippen LogP contribution in [0.1, 0.15) is 33.6 Å². The van der Waals surface area contributed by atoms with Gasteiger partial charge < -0.3 is 25.2 Å². The van der Waals surface area contributed by atoms with E-state index in [0.717, 1.165) is 0 Å². The Balaban J connectivity index is 2.21. The summed E-state index contributed by atoms with van der Waals surface area (Å²) < 4.78 is 5.02. The molecule has 0 bridgehead atoms. The molecule has 0 spiro atoms. The summed E-state index contributed by atoms with van der Waals surface area (Å²) in [6.07, 6.45) is -5.10. The van der Waals surface area contributed by atoms with Gasteiger partial charge in [0.05, 0.1) is 6.61 Å². The third kappa shape index (κ3) is 3.73. The molecule has 136 valence electrons. The zero-order valence-electron chi connectivity index (χ0n) is 14.0. The number of carbonyl (C=O) groups is 2. The maximum absolute atomic E-state index is 12.3. The number of nitrogens with zero attached hydrogens (tertiary/aromatic N) is 1. The number of aliphatic hydroxyl groups is 4. The number of aliphatic imine (C=N–C) groups is 1. The van der Waals surface area contributed by atoms with Gasteiger partial charge in [0.1, 0.15) is 41.8 Å². The van der Waals surface area contributed by atoms with E-state index >= 15 is 0 Å². The summed E-state index contributed by atoms with van der Waals surface area (Å²) in [4.78, 5) is 28.7. The Kier molecular flexibility index (Phi) is 5.56. The molecule has 0 unspecified atom stereocenters. The SMILES string of the molecule is CC(=N[C@@H]1[C@@H](O)[C@H](O)[C@@H](CO)O[C@@H]1O)C1C(=O)CC(C)(C)CC1=O. The van der Waals surface area contributed by atoms with E-state index in [1.165, 1.54) is 6.92 Å². The van der Waals surface area contributed by atoms with Crippen LogP contribution in [0, 0.1) is 11.3 Å². The van der Waals surface area contributed by atoms with E-state index in [4.69, 9.17) is 9.84 Å². The third-order valence-electron chi connectivity index (χ3n) is 4.59. The first-order valence-electron chi connectivity index (χ1n) is 7.97. The molecule has 1 heterocycles. The largest absolute Gasteiger partial charge is 0.394 e. The summed E-state index contributed by atoms with van der Waals surface area (Å²) >= 11 is 0. The van der Waals surface area contributed by atoms with Crippen LogP contribution in [0.5, 0.6) is 0 Å². The Bertz CT molecular complexity index is 525. The van der Waals surface area contributed by atoms with Crippen molar-refractivity contribution < 1.29 is 34.8 Å². The molecule has 0 amide bonds. The molecule has 1 saturated carbocycles. The fraction of sp³-hybridized carbons (Fsp3) is 0.812. The lowest BCUT2D eigenvalue weighted by Crippen LogP contribution is -2.58. The normalized spacial score (nSPS) is 38.5. The molecule has 0 aromatic rings. The van der Waals surface area contributed by atoms with Gasteiger partial charge in [-0.3, -0.25) is 14.6 Å². The van der Waals surface area contributed by atoms with Crippen LogP contribution in [0.3, 0.4) is 0 Å². The Hall–Kier alpha value is -1.19. The summed E-state index contributed by atoms with van der Waals surface area (Å²) in [5, 5.41) is 39.0. The Morgan fingerprint density at radius 1 is 1.17 bits per heavy atom. The fourth-order valence-corrected chi connectivity index (χ4v) is 3.39. The highest BCUT2D eigenvalue weighted by atomic mass is 16.6. The minimum atomic E-state index is -1.55. The van der Waals surface area contributed by atoms with Crippen molar-refractivity contribution in [1.29, 1.82) is 0 Å². The lowest BCUT2D eigenvalue weighted by molar-refractivity contribution is -0.248. The van der Waals surface area contributed by atoms with Crippen molar-refractivity contribution >= 4 is 17.3 Å². The molecule has 8 nitrogen and oxygen atoms in total. The minimum absolute atomic E-state index is 0.182. The van der Waals surface area contributed by atoms with Crippen molar-refractivity contribution in [1.82, 2.24) is 0 Å². The molecule has 5 atom stereocenters. The van der Waals surface area contributed by atoms with Crippen molar-refractivity contribution in [3.8, 4) is 0 Å². The van der Waals surface area contributed by atoms with E-state index in [2.05, 4.69) is 4.99 Å². The second kappa shape index (κ2) is 6.97. The Labute approximate surface area is 140 Å². The van der Waals surface area contributed by atoms with Crippen molar-refractivity contribution in [2.45, 2.75) is 64.3 Å². The molecule has 0 aromatic carbocycles. The standard InChI is InChI=1S/C16H25NO7/c1-7(11-8(19)4-16(2,3)5-9(11)20)17-12-14(22)13(21)10(6-18)24-15(12)23/h10-15,18,21-23H,4-6H2,1-3H3/t10-,12-,13-,14-,15+/m1/s1. The van der Waals surface area contributed by atoms with Crippen LogP contribution in [0.15, 0.2) is 4.99 Å². The summed E-state index contributed by atoms with van der Waals surface area (Å²) in [7, 11) is 0. The number of Topliss-reactive ketones (excluding diaryl/α,β-unsaturated/α-hetero) is 2. The smallest absolute Gasteiger partial charge is 0.180 e. The van der Waals surface area contributed by atoms with E-state index in [9.17, 15) is 24.9 Å². The van der Waals surface area contributed by atoms with Crippen LogP contribution in [-0.2, 0) is 14.3 Å². The monoisotopic (exact) mass is 343 g/mol. The molecule has 2 fully saturated rings. The van der Waals surface area contributed by atoms with Gasteiger partial charge in [0.25, 0.3) is 0 Å². The highest BCUT2D eigenvalue weighted by Crippen LogP contribution is 2.34. The van der Waals surface area contributed by atoms with Gasteiger partial charge in [-0.05, 0) is 12.3 Å². The van der Waals surface area contributed by atoms with Gasteiger partial charge in [0.2, 0.25) is 0 Å². The number of hydrogen-bond acceptors (Lipinski definition) is 8. The van der Waals surface area contributed by atoms with E-state index in [1.807, 2.05) is 13.8 Å². The first kappa shape index (κ1) is 19.1. The van der Waals surface area contributed by atoms with E-state index < -0.39 is 43.2 Å². The van der Waals surface area contributed by atoms with E-state index in [-0.39, 0.29) is 35.5 Å². The predicted octanol–water partition coefficient (Wildman–Crippen LogP) is -1.18. The highest BCUT2D eigenvalue weighted by Gasteiger charge is 2.45. The van der Waals surface area contributed by atoms with Crippen molar-refractivity contribution in [2.75, 3.05) is 6.61 Å². The van der Waals surface area contributed by atoms with Crippen molar-refractivity contribution in [2.24, 2.45) is 16.3 Å². The molecule has 4 N–H and O–H groups in total. The van der Waals surface area contributed by atoms with E-state index in [0.29, 0.717) is 0 Å². The molecule has 24 heavy (non-hydrogen) atoms. The second-order valence-electron chi connectivity index (χ2n) is 7.37. The van der Waals surface area contributed by atoms with Crippen molar-refractivity contribution in [3.63, 3.8) is 0 Å². The maximum atomic E-state index is 12.3. The number of aliphatic hydroxyl groups excluding tert-OH is 4. The lowest BCUT2D eigenvalue weighted by Gasteiger charge is -2.39. The lowest BCUT2D eigenvalue weighted by atomic mass is 9.70. The van der Waals surface area contributed by atoms with Crippen LogP contribution in [0.25, 0.3) is 0 Å². The zero-order valence-corrected chi connectivity index (χ0v) is 14.0. The summed E-state index contributed by atoms with van der Waals surface area (Å²) in [6.45, 7) is 4.61. The van der Waals surface area contributed by atoms with Gasteiger partial charge in [-0.15, -0.1) is 0 Å². The van der Waals surface area contributed by atoms with Gasteiger partial charge in [-0.2, -0.15) is 0 Å². The number of ketones is 2. The molecule has 1 aliphatic heterocycles. The molecular formula is C16H25NO7. The molecule has 1 aliphatic carbocycles. The first-order valence-corrected chi connectivity index (χ1v) is 7.97. The fourth-order valence-electron chi connectivity index (χ4n) is 3.39. The number of rotatable bonds is 3. The predicted molar refractivity (Wildman–Crippen MR) is 83.4 cm³/mol. The maximum Gasteiger partial charge on any atom is 0.180 e. The third-order valence-corrected chi connectivity index (χ3v) is 4.59. The average Bonchev–Trinajstić information content (AvgIpc) is 2.45. The van der Waals surface area contributed by atoms with Gasteiger partial charge in [-0.1, -0.05) is 13.8 Å².